The fourth-order valence-corrected chi connectivity index (χ4v) is 2.51. The van der Waals surface area contributed by atoms with Gasteiger partial charge in [-0.25, -0.2) is 4.98 Å². The molecule has 0 aliphatic heterocycles. The maximum atomic E-state index is 4.40. The van der Waals surface area contributed by atoms with E-state index in [1.54, 1.807) is 6.20 Å². The Balaban J connectivity index is 1.66. The molecule has 5 nitrogen and oxygen atoms in total. The molecule has 0 aliphatic carbocycles. The third-order valence-electron chi connectivity index (χ3n) is 3.20. The summed E-state index contributed by atoms with van der Waals surface area (Å²) in [7, 11) is 0. The first-order valence-electron chi connectivity index (χ1n) is 6.54. The first-order valence-corrected chi connectivity index (χ1v) is 7.34. The number of nitrogens with one attached hydrogen (secondary N) is 1. The van der Waals surface area contributed by atoms with Crippen LogP contribution in [0.5, 0.6) is 0 Å². The van der Waals surface area contributed by atoms with Crippen molar-refractivity contribution >= 4 is 21.6 Å². The Bertz CT molecular complexity index is 689. The molecule has 3 heterocycles. The van der Waals surface area contributed by atoms with Gasteiger partial charge in [0, 0.05) is 35.6 Å². The number of halogens is 1. The van der Waals surface area contributed by atoms with E-state index in [1.807, 2.05) is 41.5 Å². The molecule has 0 radical (unpaired) electrons. The summed E-state index contributed by atoms with van der Waals surface area (Å²) in [6.07, 6.45) is 7.73. The molecular formula is C14H16BrN5. The fourth-order valence-electron chi connectivity index (χ4n) is 2.17. The van der Waals surface area contributed by atoms with E-state index in [1.165, 1.54) is 0 Å². The van der Waals surface area contributed by atoms with Gasteiger partial charge in [-0.2, -0.15) is 5.10 Å². The van der Waals surface area contributed by atoms with Gasteiger partial charge in [0.15, 0.2) is 0 Å². The van der Waals surface area contributed by atoms with Crippen molar-refractivity contribution in [1.82, 2.24) is 24.5 Å². The van der Waals surface area contributed by atoms with Crippen LogP contribution in [0.4, 0.5) is 0 Å². The highest BCUT2D eigenvalue weighted by Crippen LogP contribution is 2.13. The molecule has 0 fully saturated rings. The molecule has 6 heteroatoms. The zero-order valence-electron chi connectivity index (χ0n) is 11.2. The summed E-state index contributed by atoms with van der Waals surface area (Å²) in [4.78, 5) is 4.40. The van der Waals surface area contributed by atoms with Gasteiger partial charge in [0.25, 0.3) is 0 Å². The lowest BCUT2D eigenvalue weighted by Crippen LogP contribution is -2.30. The Hall–Kier alpha value is -1.66. The maximum absolute atomic E-state index is 4.40. The van der Waals surface area contributed by atoms with Crippen LogP contribution in [0.1, 0.15) is 12.6 Å². The van der Waals surface area contributed by atoms with E-state index >= 15 is 0 Å². The largest absolute Gasteiger partial charge is 0.307 e. The Morgan fingerprint density at radius 3 is 3.10 bits per heavy atom. The van der Waals surface area contributed by atoms with Gasteiger partial charge in [0.2, 0.25) is 0 Å². The van der Waals surface area contributed by atoms with Gasteiger partial charge in [0.1, 0.15) is 5.65 Å². The number of pyridine rings is 1. The van der Waals surface area contributed by atoms with Gasteiger partial charge in [0.05, 0.1) is 18.4 Å². The lowest BCUT2D eigenvalue weighted by Gasteiger charge is -2.13. The average Bonchev–Trinajstić information content (AvgIpc) is 3.05. The summed E-state index contributed by atoms with van der Waals surface area (Å²) < 4.78 is 5.08. The van der Waals surface area contributed by atoms with E-state index in [4.69, 9.17) is 0 Å². The standard InChI is InChI=1S/C14H16BrN5/c1-11(9-19-6-2-5-18-19)16-7-13-8-17-14-4-3-12(15)10-20(13)14/h2-6,8,10-11,16H,7,9H2,1H3. The van der Waals surface area contributed by atoms with Crippen molar-refractivity contribution < 1.29 is 0 Å². The molecule has 0 amide bonds. The van der Waals surface area contributed by atoms with E-state index in [-0.39, 0.29) is 0 Å². The van der Waals surface area contributed by atoms with Crippen LogP contribution < -0.4 is 5.32 Å². The van der Waals surface area contributed by atoms with E-state index in [9.17, 15) is 0 Å². The van der Waals surface area contributed by atoms with Crippen LogP contribution in [0.2, 0.25) is 0 Å². The molecule has 3 aromatic rings. The summed E-state index contributed by atoms with van der Waals surface area (Å²) in [5, 5.41) is 7.71. The number of imidazole rings is 1. The van der Waals surface area contributed by atoms with E-state index < -0.39 is 0 Å². The smallest absolute Gasteiger partial charge is 0.136 e. The van der Waals surface area contributed by atoms with Crippen LogP contribution in [-0.4, -0.2) is 25.2 Å². The highest BCUT2D eigenvalue weighted by atomic mass is 79.9. The van der Waals surface area contributed by atoms with E-state index in [2.05, 4.69) is 42.7 Å². The molecule has 0 bridgehead atoms. The van der Waals surface area contributed by atoms with Crippen LogP contribution in [0, 0.1) is 0 Å². The predicted octanol–water partition coefficient (Wildman–Crippen LogP) is 2.47. The van der Waals surface area contributed by atoms with Gasteiger partial charge in [-0.3, -0.25) is 4.68 Å². The highest BCUT2D eigenvalue weighted by molar-refractivity contribution is 9.10. The molecule has 104 valence electrons. The van der Waals surface area contributed by atoms with Crippen LogP contribution in [0.3, 0.4) is 0 Å². The van der Waals surface area contributed by atoms with Gasteiger partial charge in [-0.05, 0) is 41.1 Å². The van der Waals surface area contributed by atoms with E-state index in [0.717, 1.165) is 28.9 Å². The monoisotopic (exact) mass is 333 g/mol. The molecule has 1 atom stereocenters. The minimum absolute atomic E-state index is 0.340. The van der Waals surface area contributed by atoms with Crippen molar-refractivity contribution in [2.75, 3.05) is 0 Å². The molecule has 3 rings (SSSR count). The molecule has 0 saturated carbocycles. The van der Waals surface area contributed by atoms with Crippen LogP contribution in [0.15, 0.2) is 47.5 Å². The van der Waals surface area contributed by atoms with Crippen molar-refractivity contribution in [3.8, 4) is 0 Å². The average molecular weight is 334 g/mol. The van der Waals surface area contributed by atoms with E-state index in [0.29, 0.717) is 6.04 Å². The summed E-state index contributed by atoms with van der Waals surface area (Å²) in [6.45, 7) is 3.79. The van der Waals surface area contributed by atoms with Crippen LogP contribution in [-0.2, 0) is 13.1 Å². The van der Waals surface area contributed by atoms with Gasteiger partial charge in [-0.1, -0.05) is 0 Å². The van der Waals surface area contributed by atoms with Gasteiger partial charge < -0.3 is 9.72 Å². The summed E-state index contributed by atoms with van der Waals surface area (Å²) in [5.41, 5.74) is 2.11. The Morgan fingerprint density at radius 1 is 1.40 bits per heavy atom. The third-order valence-corrected chi connectivity index (χ3v) is 3.67. The number of hydrogen-bond donors (Lipinski definition) is 1. The third kappa shape index (κ3) is 2.91. The molecule has 1 unspecified atom stereocenters. The molecule has 20 heavy (non-hydrogen) atoms. The first kappa shape index (κ1) is 13.3. The minimum atomic E-state index is 0.340. The molecule has 0 aliphatic rings. The number of rotatable bonds is 5. The van der Waals surface area contributed by atoms with Crippen molar-refractivity contribution in [3.63, 3.8) is 0 Å². The predicted molar refractivity (Wildman–Crippen MR) is 81.4 cm³/mol. The molecule has 0 aromatic carbocycles. The number of aromatic nitrogens is 4. The zero-order chi connectivity index (χ0) is 13.9. The van der Waals surface area contributed by atoms with Gasteiger partial charge >= 0.3 is 0 Å². The zero-order valence-corrected chi connectivity index (χ0v) is 12.8. The lowest BCUT2D eigenvalue weighted by atomic mass is 10.3. The van der Waals surface area contributed by atoms with Gasteiger partial charge in [-0.15, -0.1) is 0 Å². The fraction of sp³-hybridized carbons (Fsp3) is 0.286. The summed E-state index contributed by atoms with van der Waals surface area (Å²) in [5.74, 6) is 0. The summed E-state index contributed by atoms with van der Waals surface area (Å²) >= 11 is 3.49. The normalized spacial score (nSPS) is 12.9. The second-order valence-electron chi connectivity index (χ2n) is 4.84. The first-order chi connectivity index (χ1) is 9.72. The molecular weight excluding hydrogens is 318 g/mol. The molecule has 3 aromatic heterocycles. The number of hydrogen-bond acceptors (Lipinski definition) is 3. The lowest BCUT2D eigenvalue weighted by molar-refractivity contribution is 0.448. The van der Waals surface area contributed by atoms with Crippen LogP contribution >= 0.6 is 15.9 Å². The Kier molecular flexibility index (Phi) is 3.84. The molecule has 0 saturated heterocycles. The van der Waals surface area contributed by atoms with Crippen molar-refractivity contribution in [3.05, 3.63) is 53.2 Å². The summed E-state index contributed by atoms with van der Waals surface area (Å²) in [6, 6.07) is 6.28. The second-order valence-corrected chi connectivity index (χ2v) is 5.75. The topological polar surface area (TPSA) is 47.2 Å². The quantitative estimate of drug-likeness (QED) is 0.780. The van der Waals surface area contributed by atoms with Crippen molar-refractivity contribution in [1.29, 1.82) is 0 Å². The minimum Gasteiger partial charge on any atom is -0.307 e. The van der Waals surface area contributed by atoms with Crippen molar-refractivity contribution in [2.24, 2.45) is 0 Å². The SMILES string of the molecule is CC(Cn1cccn1)NCc1cnc2ccc(Br)cn12. The highest BCUT2D eigenvalue weighted by Gasteiger charge is 2.06. The number of nitrogens with zero attached hydrogens (tertiary/aromatic N) is 4. The number of fused-ring (bicyclic) bond motifs is 1. The maximum Gasteiger partial charge on any atom is 0.136 e. The second kappa shape index (κ2) is 5.76. The van der Waals surface area contributed by atoms with Crippen LogP contribution in [0.25, 0.3) is 5.65 Å². The Labute approximate surface area is 125 Å². The Morgan fingerprint density at radius 2 is 2.30 bits per heavy atom. The molecule has 1 N–H and O–H groups in total. The molecule has 0 spiro atoms. The van der Waals surface area contributed by atoms with Crippen molar-refractivity contribution in [2.45, 2.75) is 26.1 Å².